The number of primary amides is 1. The molecule has 2 aromatic carbocycles. The van der Waals surface area contributed by atoms with Crippen molar-refractivity contribution < 1.29 is 14.0 Å². The first-order valence-corrected chi connectivity index (χ1v) is 10.7. The molecule has 0 spiro atoms. The molecule has 0 radical (unpaired) electrons. The third-order valence-electron chi connectivity index (χ3n) is 5.17. The van der Waals surface area contributed by atoms with Gasteiger partial charge in [-0.1, -0.05) is 41.4 Å². The molecule has 32 heavy (non-hydrogen) atoms. The van der Waals surface area contributed by atoms with Crippen LogP contribution in [0.2, 0.25) is 10.0 Å². The average molecular weight is 474 g/mol. The molecular formula is C24H22Cl2FN3O2. The lowest BCUT2D eigenvalue weighted by Gasteiger charge is -2.28. The molecule has 1 unspecified atom stereocenters. The standard InChI is InChI=1S/C17H15ClFN3O2.C7H7Cl/c18-11-6-13-12(14(19)7-11)3-4-15(13)22(9-16(20)23)17(24)10-2-1-5-21-8-10;1-6-4-2-3-5-7(6)8/h1-2,5-8,15H,3-4,9H2,(H2,20,23);2-5H,1H3. The van der Waals surface area contributed by atoms with Crippen LogP contribution in [0.5, 0.6) is 0 Å². The third kappa shape index (κ3) is 5.64. The van der Waals surface area contributed by atoms with Crippen molar-refractivity contribution in [3.63, 3.8) is 0 Å². The summed E-state index contributed by atoms with van der Waals surface area (Å²) in [5, 5.41) is 1.10. The molecular weight excluding hydrogens is 452 g/mol. The van der Waals surface area contributed by atoms with Gasteiger partial charge in [0.2, 0.25) is 5.91 Å². The fraction of sp³-hybridized carbons (Fsp3) is 0.208. The molecule has 2 N–H and O–H groups in total. The van der Waals surface area contributed by atoms with Crippen molar-refractivity contribution in [2.75, 3.05) is 6.54 Å². The van der Waals surface area contributed by atoms with Gasteiger partial charge in [-0.05, 0) is 66.8 Å². The first-order chi connectivity index (χ1) is 15.3. The monoisotopic (exact) mass is 473 g/mol. The Morgan fingerprint density at radius 3 is 2.53 bits per heavy atom. The van der Waals surface area contributed by atoms with Crippen LogP contribution in [0.25, 0.3) is 0 Å². The molecule has 1 aliphatic rings. The van der Waals surface area contributed by atoms with Crippen molar-refractivity contribution in [1.29, 1.82) is 0 Å². The molecule has 1 aromatic heterocycles. The normalized spacial score (nSPS) is 14.2. The molecule has 0 saturated carbocycles. The van der Waals surface area contributed by atoms with E-state index in [1.807, 2.05) is 31.2 Å². The summed E-state index contributed by atoms with van der Waals surface area (Å²) in [5.74, 6) is -1.41. The number of nitrogens with two attached hydrogens (primary N) is 1. The maximum atomic E-state index is 14.1. The van der Waals surface area contributed by atoms with E-state index >= 15 is 0 Å². The molecule has 1 aliphatic carbocycles. The summed E-state index contributed by atoms with van der Waals surface area (Å²) in [5.41, 5.74) is 7.93. The fourth-order valence-electron chi connectivity index (χ4n) is 3.64. The number of carbonyl (C=O) groups is 2. The first kappa shape index (κ1) is 23.7. The van der Waals surface area contributed by atoms with E-state index in [1.165, 1.54) is 17.2 Å². The Hall–Kier alpha value is -2.96. The second-order valence-corrected chi connectivity index (χ2v) is 8.24. The minimum atomic E-state index is -0.636. The number of fused-ring (bicyclic) bond motifs is 1. The zero-order valence-corrected chi connectivity index (χ0v) is 18.9. The Kier molecular flexibility index (Phi) is 7.83. The smallest absolute Gasteiger partial charge is 0.256 e. The number of carbonyl (C=O) groups excluding carboxylic acids is 2. The molecule has 4 rings (SSSR count). The van der Waals surface area contributed by atoms with E-state index in [0.29, 0.717) is 29.5 Å². The van der Waals surface area contributed by atoms with E-state index in [0.717, 1.165) is 10.6 Å². The number of rotatable bonds is 4. The predicted molar refractivity (Wildman–Crippen MR) is 123 cm³/mol. The first-order valence-electron chi connectivity index (χ1n) is 9.96. The molecule has 166 valence electrons. The largest absolute Gasteiger partial charge is 0.368 e. The highest BCUT2D eigenvalue weighted by atomic mass is 35.5. The van der Waals surface area contributed by atoms with Crippen molar-refractivity contribution in [3.8, 4) is 0 Å². The summed E-state index contributed by atoms with van der Waals surface area (Å²) in [7, 11) is 0. The predicted octanol–water partition coefficient (Wildman–Crippen LogP) is 5.14. The molecule has 1 atom stereocenters. The Morgan fingerprint density at radius 2 is 1.94 bits per heavy atom. The van der Waals surface area contributed by atoms with E-state index in [2.05, 4.69) is 4.98 Å². The number of hydrogen-bond acceptors (Lipinski definition) is 3. The van der Waals surface area contributed by atoms with Crippen LogP contribution in [0.4, 0.5) is 4.39 Å². The van der Waals surface area contributed by atoms with E-state index in [1.54, 1.807) is 24.4 Å². The van der Waals surface area contributed by atoms with Crippen LogP contribution in [0.1, 0.15) is 39.5 Å². The Balaban J connectivity index is 0.000000305. The molecule has 1 heterocycles. The number of benzene rings is 2. The van der Waals surface area contributed by atoms with Crippen LogP contribution in [-0.2, 0) is 11.2 Å². The van der Waals surface area contributed by atoms with E-state index in [9.17, 15) is 14.0 Å². The van der Waals surface area contributed by atoms with Gasteiger partial charge in [0, 0.05) is 22.4 Å². The summed E-state index contributed by atoms with van der Waals surface area (Å²) >= 11 is 11.7. The Bertz CT molecular complexity index is 1100. The highest BCUT2D eigenvalue weighted by Crippen LogP contribution is 2.39. The van der Waals surface area contributed by atoms with Gasteiger partial charge in [-0.2, -0.15) is 0 Å². The van der Waals surface area contributed by atoms with Crippen molar-refractivity contribution >= 4 is 35.0 Å². The highest BCUT2D eigenvalue weighted by Gasteiger charge is 2.34. The van der Waals surface area contributed by atoms with Crippen LogP contribution in [0.3, 0.4) is 0 Å². The van der Waals surface area contributed by atoms with Gasteiger partial charge in [-0.3, -0.25) is 14.6 Å². The van der Waals surface area contributed by atoms with Crippen LogP contribution < -0.4 is 5.73 Å². The van der Waals surface area contributed by atoms with Crippen LogP contribution in [0.15, 0.2) is 60.9 Å². The molecule has 2 amide bonds. The molecule has 3 aromatic rings. The fourth-order valence-corrected chi connectivity index (χ4v) is 3.99. The average Bonchev–Trinajstić information content (AvgIpc) is 3.18. The molecule has 0 saturated heterocycles. The van der Waals surface area contributed by atoms with Gasteiger partial charge in [-0.25, -0.2) is 4.39 Å². The van der Waals surface area contributed by atoms with Crippen molar-refractivity contribution in [1.82, 2.24) is 9.88 Å². The lowest BCUT2D eigenvalue weighted by molar-refractivity contribution is -0.119. The summed E-state index contributed by atoms with van der Waals surface area (Å²) in [6.45, 7) is 1.73. The topological polar surface area (TPSA) is 76.3 Å². The van der Waals surface area contributed by atoms with Gasteiger partial charge in [0.05, 0.1) is 11.6 Å². The summed E-state index contributed by atoms with van der Waals surface area (Å²) < 4.78 is 14.1. The van der Waals surface area contributed by atoms with Gasteiger partial charge in [0.25, 0.3) is 5.91 Å². The van der Waals surface area contributed by atoms with E-state index in [-0.39, 0.29) is 17.5 Å². The lowest BCUT2D eigenvalue weighted by Crippen LogP contribution is -2.40. The maximum Gasteiger partial charge on any atom is 0.256 e. The number of pyridine rings is 1. The number of aromatic nitrogens is 1. The molecule has 8 heteroatoms. The van der Waals surface area contributed by atoms with Gasteiger partial charge >= 0.3 is 0 Å². The van der Waals surface area contributed by atoms with Crippen molar-refractivity contribution in [2.24, 2.45) is 5.73 Å². The van der Waals surface area contributed by atoms with Gasteiger partial charge in [-0.15, -0.1) is 0 Å². The third-order valence-corrected chi connectivity index (χ3v) is 5.81. The maximum absolute atomic E-state index is 14.1. The minimum absolute atomic E-state index is 0.256. The quantitative estimate of drug-likeness (QED) is 0.569. The molecule has 0 aliphatic heterocycles. The second-order valence-electron chi connectivity index (χ2n) is 7.40. The van der Waals surface area contributed by atoms with Crippen LogP contribution in [0, 0.1) is 12.7 Å². The Labute approximate surface area is 196 Å². The Morgan fingerprint density at radius 1 is 1.19 bits per heavy atom. The van der Waals surface area contributed by atoms with Crippen molar-refractivity contribution in [3.05, 3.63) is 99.0 Å². The minimum Gasteiger partial charge on any atom is -0.368 e. The van der Waals surface area contributed by atoms with Gasteiger partial charge < -0.3 is 10.6 Å². The number of hydrogen-bond donors (Lipinski definition) is 1. The summed E-state index contributed by atoms with van der Waals surface area (Å²) in [6, 6.07) is 13.5. The van der Waals surface area contributed by atoms with E-state index < -0.39 is 17.8 Å². The SMILES string of the molecule is Cc1ccccc1Cl.NC(=O)CN(C(=O)c1cccnc1)C1CCc2c(F)cc(Cl)cc21. The van der Waals surface area contributed by atoms with Crippen molar-refractivity contribution in [2.45, 2.75) is 25.8 Å². The van der Waals surface area contributed by atoms with Crippen LogP contribution in [-0.4, -0.2) is 28.2 Å². The number of amides is 2. The van der Waals surface area contributed by atoms with E-state index in [4.69, 9.17) is 28.9 Å². The highest BCUT2D eigenvalue weighted by molar-refractivity contribution is 6.31. The van der Waals surface area contributed by atoms with Crippen LogP contribution >= 0.6 is 23.2 Å². The summed E-state index contributed by atoms with van der Waals surface area (Å²) in [4.78, 5) is 29.5. The second kappa shape index (κ2) is 10.6. The number of halogens is 3. The molecule has 0 fully saturated rings. The summed E-state index contributed by atoms with van der Waals surface area (Å²) in [6.07, 6.45) is 3.95. The zero-order chi connectivity index (χ0) is 23.3. The lowest BCUT2D eigenvalue weighted by atomic mass is 10.1. The van der Waals surface area contributed by atoms with Gasteiger partial charge in [0.1, 0.15) is 12.4 Å². The molecule has 5 nitrogen and oxygen atoms in total. The van der Waals surface area contributed by atoms with Gasteiger partial charge in [0.15, 0.2) is 0 Å². The number of nitrogens with zero attached hydrogens (tertiary/aromatic N) is 2. The zero-order valence-electron chi connectivity index (χ0n) is 17.4. The molecule has 0 bridgehead atoms. The number of aryl methyl sites for hydroxylation is 1.